The maximum atomic E-state index is 13.1. The number of esters is 1. The van der Waals surface area contributed by atoms with Gasteiger partial charge in [-0.05, 0) is 57.1 Å². The molecule has 0 aliphatic carbocycles. The summed E-state index contributed by atoms with van der Waals surface area (Å²) in [6.07, 6.45) is 2.44. The predicted molar refractivity (Wildman–Crippen MR) is 141 cm³/mol. The number of ether oxygens (including phenoxy) is 1. The zero-order chi connectivity index (χ0) is 25.8. The van der Waals surface area contributed by atoms with Crippen molar-refractivity contribution in [3.05, 3.63) is 57.3 Å². The number of fused-ring (bicyclic) bond motifs is 1. The highest BCUT2D eigenvalue weighted by molar-refractivity contribution is 8.16. The maximum Gasteiger partial charge on any atom is 0.338 e. The lowest BCUT2D eigenvalue weighted by molar-refractivity contribution is -0.139. The molecule has 9 heteroatoms. The van der Waals surface area contributed by atoms with Crippen molar-refractivity contribution in [1.82, 2.24) is 15.1 Å². The first-order valence-electron chi connectivity index (χ1n) is 12.5. The summed E-state index contributed by atoms with van der Waals surface area (Å²) in [7, 11) is 0. The summed E-state index contributed by atoms with van der Waals surface area (Å²) < 4.78 is 5.42. The molecular weight excluding hydrogens is 476 g/mol. The van der Waals surface area contributed by atoms with Crippen LogP contribution in [-0.2, 0) is 19.1 Å². The fourth-order valence-corrected chi connectivity index (χ4v) is 5.90. The van der Waals surface area contributed by atoms with Crippen molar-refractivity contribution in [2.24, 2.45) is 4.99 Å². The van der Waals surface area contributed by atoms with Gasteiger partial charge in [0.1, 0.15) is 0 Å². The van der Waals surface area contributed by atoms with Gasteiger partial charge in [0.15, 0.2) is 5.17 Å². The number of benzene rings is 1. The molecule has 0 radical (unpaired) electrons. The minimum atomic E-state index is -0.424. The average molecular weight is 511 g/mol. The summed E-state index contributed by atoms with van der Waals surface area (Å²) in [5.41, 5.74) is 5.11. The van der Waals surface area contributed by atoms with Crippen LogP contribution in [0.3, 0.4) is 0 Å². The van der Waals surface area contributed by atoms with Crippen LogP contribution >= 0.6 is 11.8 Å². The first-order chi connectivity index (χ1) is 17.3. The van der Waals surface area contributed by atoms with Crippen LogP contribution in [0, 0.1) is 13.8 Å². The molecule has 0 bridgehead atoms. The Morgan fingerprint density at radius 3 is 2.75 bits per heavy atom. The molecule has 3 heterocycles. The van der Waals surface area contributed by atoms with Crippen LogP contribution in [0.4, 0.5) is 0 Å². The predicted octanol–water partition coefficient (Wildman–Crippen LogP) is 3.96. The molecule has 4 rings (SSSR count). The van der Waals surface area contributed by atoms with Crippen molar-refractivity contribution in [1.29, 1.82) is 0 Å². The lowest BCUT2D eigenvalue weighted by atomic mass is 9.90. The number of thioether (sulfide) groups is 1. The Bertz CT molecular complexity index is 1160. The van der Waals surface area contributed by atoms with Crippen molar-refractivity contribution < 1.29 is 19.1 Å². The van der Waals surface area contributed by atoms with Gasteiger partial charge >= 0.3 is 5.97 Å². The molecule has 1 atom stereocenters. The minimum absolute atomic E-state index is 0.0980. The third-order valence-electron chi connectivity index (χ3n) is 6.66. The molecule has 3 aliphatic rings. The normalized spacial score (nSPS) is 19.3. The molecule has 1 aromatic rings. The second-order valence-corrected chi connectivity index (χ2v) is 10.2. The number of nitrogens with one attached hydrogen (secondary N) is 1. The number of carbonyl (C=O) groups is 3. The largest absolute Gasteiger partial charge is 0.463 e. The molecule has 1 N–H and O–H groups in total. The number of aliphatic imine (C=N–C) groups is 1. The van der Waals surface area contributed by atoms with Crippen molar-refractivity contribution in [2.45, 2.75) is 59.4 Å². The molecule has 2 amide bonds. The van der Waals surface area contributed by atoms with E-state index in [1.165, 1.54) is 11.8 Å². The van der Waals surface area contributed by atoms with Crippen LogP contribution < -0.4 is 5.32 Å². The van der Waals surface area contributed by atoms with E-state index in [0.29, 0.717) is 30.8 Å². The van der Waals surface area contributed by atoms with E-state index in [0.717, 1.165) is 46.9 Å². The molecular formula is C27H34N4O4S. The molecule has 36 heavy (non-hydrogen) atoms. The summed E-state index contributed by atoms with van der Waals surface area (Å²) in [6.45, 7) is 9.97. The minimum Gasteiger partial charge on any atom is -0.463 e. The van der Waals surface area contributed by atoms with Gasteiger partial charge in [-0.15, -0.1) is 0 Å². The summed E-state index contributed by atoms with van der Waals surface area (Å²) in [4.78, 5) is 46.3. The van der Waals surface area contributed by atoms with E-state index in [9.17, 15) is 14.4 Å². The highest BCUT2D eigenvalue weighted by atomic mass is 32.2. The van der Waals surface area contributed by atoms with E-state index >= 15 is 0 Å². The van der Waals surface area contributed by atoms with Gasteiger partial charge in [0.2, 0.25) is 11.8 Å². The number of hydrogen-bond donors (Lipinski definition) is 1. The van der Waals surface area contributed by atoms with Crippen molar-refractivity contribution in [3.8, 4) is 0 Å². The Morgan fingerprint density at radius 1 is 1.25 bits per heavy atom. The van der Waals surface area contributed by atoms with E-state index in [2.05, 4.69) is 11.4 Å². The van der Waals surface area contributed by atoms with Crippen molar-refractivity contribution in [3.63, 3.8) is 0 Å². The summed E-state index contributed by atoms with van der Waals surface area (Å²) in [5, 5.41) is 5.68. The highest BCUT2D eigenvalue weighted by Gasteiger charge is 2.41. The van der Waals surface area contributed by atoms with Gasteiger partial charge in [-0.3, -0.25) is 9.59 Å². The zero-order valence-corrected chi connectivity index (χ0v) is 22.2. The number of nitrogens with zero attached hydrogens (tertiary/aromatic N) is 3. The van der Waals surface area contributed by atoms with Crippen LogP contribution in [0.2, 0.25) is 0 Å². The van der Waals surface area contributed by atoms with E-state index in [1.807, 2.05) is 48.1 Å². The number of amidine groups is 1. The van der Waals surface area contributed by atoms with E-state index < -0.39 is 6.04 Å². The molecule has 1 fully saturated rings. The molecule has 0 spiro atoms. The number of rotatable bonds is 9. The topological polar surface area (TPSA) is 91.3 Å². The number of likely N-dealkylation sites (tertiary alicyclic amines) is 1. The van der Waals surface area contributed by atoms with Gasteiger partial charge in [-0.2, -0.15) is 0 Å². The van der Waals surface area contributed by atoms with Crippen LogP contribution in [0.1, 0.15) is 62.3 Å². The van der Waals surface area contributed by atoms with Crippen LogP contribution in [0.15, 0.2) is 45.6 Å². The Morgan fingerprint density at radius 2 is 2.06 bits per heavy atom. The molecule has 1 saturated heterocycles. The molecule has 8 nitrogen and oxygen atoms in total. The summed E-state index contributed by atoms with van der Waals surface area (Å²) >= 11 is 1.46. The van der Waals surface area contributed by atoms with Gasteiger partial charge < -0.3 is 19.9 Å². The standard InChI is InChI=1S/C27H34N4O4S/c1-5-35-26(34)24-19(4)29-27-31(25(24)21-10-9-17(2)14-18(21)3)20(16-36-27)15-22(32)28-11-7-13-30-12-6-8-23(30)33/h9-10,14,16,25H,5-8,11-13,15H2,1-4H3,(H,28,32). The molecule has 1 aromatic carbocycles. The molecule has 3 aliphatic heterocycles. The van der Waals surface area contributed by atoms with Crippen LogP contribution in [0.5, 0.6) is 0 Å². The molecule has 0 saturated carbocycles. The number of carbonyl (C=O) groups excluding carboxylic acids is 3. The highest BCUT2D eigenvalue weighted by Crippen LogP contribution is 2.45. The zero-order valence-electron chi connectivity index (χ0n) is 21.4. The van der Waals surface area contributed by atoms with Crippen molar-refractivity contribution in [2.75, 3.05) is 26.2 Å². The number of hydrogen-bond acceptors (Lipinski definition) is 7. The van der Waals surface area contributed by atoms with E-state index in [-0.39, 0.29) is 30.8 Å². The lowest BCUT2D eigenvalue weighted by Crippen LogP contribution is -2.38. The number of aryl methyl sites for hydroxylation is 2. The lowest BCUT2D eigenvalue weighted by Gasteiger charge is -2.37. The van der Waals surface area contributed by atoms with Gasteiger partial charge in [0.05, 0.1) is 30.3 Å². The van der Waals surface area contributed by atoms with Gasteiger partial charge in [0, 0.05) is 31.8 Å². The second-order valence-electron chi connectivity index (χ2n) is 9.34. The quantitative estimate of drug-likeness (QED) is 0.399. The van der Waals surface area contributed by atoms with Gasteiger partial charge in [-0.25, -0.2) is 9.79 Å². The first-order valence-corrected chi connectivity index (χ1v) is 13.4. The molecule has 1 unspecified atom stereocenters. The molecule has 192 valence electrons. The Kier molecular flexibility index (Phi) is 8.18. The monoisotopic (exact) mass is 510 g/mol. The fourth-order valence-electron chi connectivity index (χ4n) is 4.93. The van der Waals surface area contributed by atoms with Crippen molar-refractivity contribution >= 4 is 34.7 Å². The van der Waals surface area contributed by atoms with Gasteiger partial charge in [-0.1, -0.05) is 35.5 Å². The average Bonchev–Trinajstić information content (AvgIpc) is 3.41. The van der Waals surface area contributed by atoms with Crippen LogP contribution in [-0.4, -0.2) is 59.0 Å². The summed E-state index contributed by atoms with van der Waals surface area (Å²) in [5.74, 6) is -0.288. The Hall–Kier alpha value is -3.07. The third-order valence-corrected chi connectivity index (χ3v) is 7.54. The Balaban J connectivity index is 1.51. The fraction of sp³-hybridized carbons (Fsp3) is 0.481. The molecule has 0 aromatic heterocycles. The van der Waals surface area contributed by atoms with Gasteiger partial charge in [0.25, 0.3) is 0 Å². The smallest absolute Gasteiger partial charge is 0.338 e. The second kappa shape index (κ2) is 11.3. The number of amides is 2. The third kappa shape index (κ3) is 5.51. The van der Waals surface area contributed by atoms with E-state index in [1.54, 1.807) is 6.92 Å². The number of allylic oxidation sites excluding steroid dienone is 1. The first kappa shape index (κ1) is 26.0. The summed E-state index contributed by atoms with van der Waals surface area (Å²) in [6, 6.07) is 5.76. The Labute approximate surface area is 216 Å². The maximum absolute atomic E-state index is 13.1. The van der Waals surface area contributed by atoms with Crippen LogP contribution in [0.25, 0.3) is 0 Å². The SMILES string of the molecule is CCOC(=O)C1=C(C)N=C2SC=C(CC(=O)NCCCN3CCCC3=O)N2C1c1ccc(C)cc1C. The van der Waals surface area contributed by atoms with E-state index in [4.69, 9.17) is 9.73 Å².